The van der Waals surface area contributed by atoms with Gasteiger partial charge in [-0.05, 0) is 40.2 Å². The molecule has 2 heterocycles. The van der Waals surface area contributed by atoms with Crippen LogP contribution >= 0.6 is 7.82 Å². The highest BCUT2D eigenvalue weighted by molar-refractivity contribution is 7.48. The molecule has 1 fully saturated rings. The Balaban J connectivity index is 1.85. The van der Waals surface area contributed by atoms with Gasteiger partial charge in [-0.2, -0.15) is 0 Å². The van der Waals surface area contributed by atoms with E-state index in [9.17, 15) is 33.3 Å². The molecule has 1 aliphatic rings. The molecule has 0 spiro atoms. The van der Waals surface area contributed by atoms with Gasteiger partial charge < -0.3 is 38.5 Å². The van der Waals surface area contributed by atoms with Crippen LogP contribution in [0.15, 0.2) is 52.2 Å². The second-order valence-electron chi connectivity index (χ2n) is 12.2. The summed E-state index contributed by atoms with van der Waals surface area (Å²) in [5, 5.41) is 2.30. The lowest BCUT2D eigenvalue weighted by atomic mass is 9.92. The first-order valence-corrected chi connectivity index (χ1v) is 17.9. The summed E-state index contributed by atoms with van der Waals surface area (Å²) in [6.45, 7) is 3.83. The molecule has 1 aromatic carbocycles. The first-order chi connectivity index (χ1) is 25.5. The zero-order valence-electron chi connectivity index (χ0n) is 30.3. The van der Waals surface area contributed by atoms with Crippen LogP contribution in [-0.2, 0) is 62.7 Å². The molecule has 1 amide bonds. The highest BCUT2D eigenvalue weighted by Crippen LogP contribution is 2.52. The first-order valence-electron chi connectivity index (χ1n) is 16.4. The molecule has 2 aromatic rings. The van der Waals surface area contributed by atoms with Crippen molar-refractivity contribution in [2.45, 2.75) is 84.3 Å². The number of phosphoric ester groups is 1. The number of phosphoric acid groups is 1. The van der Waals surface area contributed by atoms with Crippen LogP contribution in [-0.4, -0.2) is 90.7 Å². The standard InChI is InChI=1S/C32H43FN3O17P/c1-19(2)50-30(41)45-17-48-54(43,49-18-46-31(42)51-20(3)4)47-16-32(15-33)25(21(5)26(53-32)36-13-12-24(37)35-28(36)39)52-27(38)22(6)34-29(40)44-14-23-10-8-7-9-11-23/h7-13,19-22,25-26H,14-18H2,1-6H3,(H,34,40)(H,35,37,39). The monoisotopic (exact) mass is 791 g/mol. The van der Waals surface area contributed by atoms with Gasteiger partial charge in [0.25, 0.3) is 5.56 Å². The van der Waals surface area contributed by atoms with Crippen molar-refractivity contribution in [1.29, 1.82) is 0 Å². The molecular weight excluding hydrogens is 748 g/mol. The van der Waals surface area contributed by atoms with Crippen molar-refractivity contribution in [3.8, 4) is 0 Å². The van der Waals surface area contributed by atoms with Crippen LogP contribution < -0.4 is 16.6 Å². The van der Waals surface area contributed by atoms with Gasteiger partial charge in [0.2, 0.25) is 13.6 Å². The minimum absolute atomic E-state index is 0.113. The third-order valence-corrected chi connectivity index (χ3v) is 8.49. The number of nitrogens with zero attached hydrogens (tertiary/aromatic N) is 1. The van der Waals surface area contributed by atoms with Crippen molar-refractivity contribution in [3.63, 3.8) is 0 Å². The van der Waals surface area contributed by atoms with Gasteiger partial charge in [-0.25, -0.2) is 42.0 Å². The molecule has 1 saturated heterocycles. The van der Waals surface area contributed by atoms with E-state index in [0.29, 0.717) is 5.56 Å². The minimum Gasteiger partial charge on any atom is -0.457 e. The number of ether oxygens (including phenoxy) is 7. The molecule has 54 heavy (non-hydrogen) atoms. The second kappa shape index (κ2) is 20.0. The summed E-state index contributed by atoms with van der Waals surface area (Å²) in [6.07, 6.45) is -6.66. The average Bonchev–Trinajstić information content (AvgIpc) is 3.36. The molecule has 5 atom stereocenters. The topological polar surface area (TPSA) is 245 Å². The van der Waals surface area contributed by atoms with E-state index in [1.807, 2.05) is 4.98 Å². The predicted molar refractivity (Wildman–Crippen MR) is 179 cm³/mol. The fourth-order valence-corrected chi connectivity index (χ4v) is 5.68. The van der Waals surface area contributed by atoms with Crippen LogP contribution in [0.2, 0.25) is 0 Å². The summed E-state index contributed by atoms with van der Waals surface area (Å²) < 4.78 is 81.1. The lowest BCUT2D eigenvalue weighted by molar-refractivity contribution is -0.173. The van der Waals surface area contributed by atoms with Gasteiger partial charge in [0.05, 0.1) is 18.8 Å². The number of halogens is 1. The number of aromatic nitrogens is 2. The van der Waals surface area contributed by atoms with E-state index in [0.717, 1.165) is 16.8 Å². The number of rotatable bonds is 18. The number of benzene rings is 1. The number of hydrogen-bond acceptors (Lipinski definition) is 17. The maximum absolute atomic E-state index is 15.3. The number of carbonyl (C=O) groups is 4. The number of H-pyrrole nitrogens is 1. The van der Waals surface area contributed by atoms with Crippen molar-refractivity contribution < 1.29 is 74.9 Å². The fourth-order valence-electron chi connectivity index (χ4n) is 4.72. The molecule has 0 bridgehead atoms. The van der Waals surface area contributed by atoms with Crippen LogP contribution in [0.25, 0.3) is 0 Å². The summed E-state index contributed by atoms with van der Waals surface area (Å²) in [5.41, 5.74) is -3.44. The molecule has 2 N–H and O–H groups in total. The number of aromatic amines is 1. The summed E-state index contributed by atoms with van der Waals surface area (Å²) in [4.78, 5) is 76.0. The maximum atomic E-state index is 15.3. The highest BCUT2D eigenvalue weighted by Gasteiger charge is 2.58. The molecule has 0 saturated carbocycles. The van der Waals surface area contributed by atoms with Crippen molar-refractivity contribution in [2.24, 2.45) is 5.92 Å². The van der Waals surface area contributed by atoms with Gasteiger partial charge in [0.15, 0.2) is 5.60 Å². The molecule has 22 heteroatoms. The third kappa shape index (κ3) is 12.9. The van der Waals surface area contributed by atoms with Crippen molar-refractivity contribution in [2.75, 3.05) is 26.9 Å². The van der Waals surface area contributed by atoms with E-state index < -0.39 is 112 Å². The first kappa shape index (κ1) is 43.6. The SMILES string of the molecule is CC(C)OC(=O)OCOP(=O)(OCOC(=O)OC(C)C)OCC1(CF)OC(n2ccc(=O)[nH]c2=O)C(C)C1OC(=O)C(C)NC(=O)OCc1ccccc1. The number of nitrogens with one attached hydrogen (secondary N) is 2. The van der Waals surface area contributed by atoms with Crippen LogP contribution in [0.1, 0.15) is 53.3 Å². The van der Waals surface area contributed by atoms with Crippen LogP contribution in [0, 0.1) is 5.92 Å². The fraction of sp³-hybridized carbons (Fsp3) is 0.562. The largest absolute Gasteiger partial charge is 0.510 e. The van der Waals surface area contributed by atoms with Crippen LogP contribution in [0.3, 0.4) is 0 Å². The number of esters is 1. The molecule has 0 aliphatic carbocycles. The molecular formula is C32H43FN3O17P. The minimum atomic E-state index is -5.01. The Kier molecular flexibility index (Phi) is 16.2. The zero-order valence-corrected chi connectivity index (χ0v) is 31.1. The lowest BCUT2D eigenvalue weighted by Crippen LogP contribution is -2.51. The number of alkyl carbamates (subject to hydrolysis) is 1. The Morgan fingerprint density at radius 2 is 1.52 bits per heavy atom. The third-order valence-electron chi connectivity index (χ3n) is 7.20. The Labute approximate surface area is 308 Å². The van der Waals surface area contributed by atoms with Crippen molar-refractivity contribution in [1.82, 2.24) is 14.9 Å². The number of carbonyl (C=O) groups excluding carboxylic acids is 4. The van der Waals surface area contributed by atoms with E-state index >= 15 is 4.39 Å². The normalized spacial score (nSPS) is 20.2. The van der Waals surface area contributed by atoms with Gasteiger partial charge >= 0.3 is 37.9 Å². The van der Waals surface area contributed by atoms with Crippen molar-refractivity contribution in [3.05, 3.63) is 69.0 Å². The molecule has 1 aliphatic heterocycles. The summed E-state index contributed by atoms with van der Waals surface area (Å²) in [6, 6.07) is 8.29. The van der Waals surface area contributed by atoms with E-state index in [2.05, 4.69) is 5.32 Å². The predicted octanol–water partition coefficient (Wildman–Crippen LogP) is 3.83. The molecule has 300 valence electrons. The van der Waals surface area contributed by atoms with E-state index in [4.69, 9.17) is 46.7 Å². The molecule has 5 unspecified atom stereocenters. The summed E-state index contributed by atoms with van der Waals surface area (Å²) in [7, 11) is -5.01. The Morgan fingerprint density at radius 1 is 0.926 bits per heavy atom. The Hall–Kier alpha value is -4.82. The van der Waals surface area contributed by atoms with E-state index in [1.165, 1.54) is 41.5 Å². The van der Waals surface area contributed by atoms with Crippen LogP contribution in [0.4, 0.5) is 18.8 Å². The highest BCUT2D eigenvalue weighted by atomic mass is 31.2. The average molecular weight is 792 g/mol. The van der Waals surface area contributed by atoms with Gasteiger partial charge in [0.1, 0.15) is 31.7 Å². The summed E-state index contributed by atoms with van der Waals surface area (Å²) in [5.74, 6) is -2.21. The maximum Gasteiger partial charge on any atom is 0.510 e. The van der Waals surface area contributed by atoms with Gasteiger partial charge in [0, 0.05) is 18.2 Å². The quantitative estimate of drug-likeness (QED) is 0.0943. The van der Waals surface area contributed by atoms with Gasteiger partial charge in [-0.15, -0.1) is 0 Å². The lowest BCUT2D eigenvalue weighted by Gasteiger charge is -2.33. The molecule has 1 aromatic heterocycles. The van der Waals surface area contributed by atoms with Gasteiger partial charge in [-0.3, -0.25) is 18.9 Å². The zero-order chi connectivity index (χ0) is 40.1. The number of alkyl halides is 1. The summed E-state index contributed by atoms with van der Waals surface area (Å²) >= 11 is 0. The Morgan fingerprint density at radius 3 is 2.06 bits per heavy atom. The second-order valence-corrected chi connectivity index (χ2v) is 13.9. The molecule has 20 nitrogen and oxygen atoms in total. The van der Waals surface area contributed by atoms with Crippen molar-refractivity contribution >= 4 is 32.2 Å². The smallest absolute Gasteiger partial charge is 0.457 e. The number of hydrogen-bond donors (Lipinski definition) is 2. The Bertz CT molecular complexity index is 1710. The molecule has 3 rings (SSSR count). The van der Waals surface area contributed by atoms with E-state index in [1.54, 1.807) is 30.3 Å². The number of amides is 1. The van der Waals surface area contributed by atoms with Gasteiger partial charge in [-0.1, -0.05) is 37.3 Å². The van der Waals surface area contributed by atoms with E-state index in [-0.39, 0.29) is 6.61 Å². The molecule has 0 radical (unpaired) electrons. The van der Waals surface area contributed by atoms with Crippen LogP contribution in [0.5, 0.6) is 0 Å².